The summed E-state index contributed by atoms with van der Waals surface area (Å²) < 4.78 is 18.3. The lowest BCUT2D eigenvalue weighted by atomic mass is 9.89. The van der Waals surface area contributed by atoms with Gasteiger partial charge in [-0.25, -0.2) is 4.39 Å². The number of rotatable bonds is 5. The van der Waals surface area contributed by atoms with Gasteiger partial charge in [-0.15, -0.1) is 0 Å². The predicted octanol–water partition coefficient (Wildman–Crippen LogP) is 1.92. The van der Waals surface area contributed by atoms with Crippen LogP contribution in [-0.2, 0) is 16.1 Å². The number of imide groups is 1. The van der Waals surface area contributed by atoms with Crippen LogP contribution in [0.1, 0.15) is 36.3 Å². The van der Waals surface area contributed by atoms with Crippen molar-refractivity contribution in [2.24, 2.45) is 0 Å². The van der Waals surface area contributed by atoms with E-state index in [1.54, 1.807) is 7.11 Å². The molecule has 2 saturated heterocycles. The second-order valence-corrected chi connectivity index (χ2v) is 7.91. The Bertz CT molecular complexity index is 874. The van der Waals surface area contributed by atoms with Crippen LogP contribution in [0.15, 0.2) is 48.5 Å². The first-order chi connectivity index (χ1) is 14.0. The van der Waals surface area contributed by atoms with Gasteiger partial charge in [0.2, 0.25) is 5.91 Å². The number of carbonyl (C=O) groups is 2. The third kappa shape index (κ3) is 4.17. The average Bonchev–Trinajstić information content (AvgIpc) is 3.03. The van der Waals surface area contributed by atoms with Crippen molar-refractivity contribution in [3.63, 3.8) is 0 Å². The molecule has 2 aromatic rings. The molecule has 1 N–H and O–H groups in total. The number of quaternary nitrogens is 1. The van der Waals surface area contributed by atoms with Crippen LogP contribution in [-0.4, -0.2) is 43.0 Å². The molecule has 2 aliphatic heterocycles. The van der Waals surface area contributed by atoms with E-state index < -0.39 is 0 Å². The second kappa shape index (κ2) is 8.33. The Labute approximate surface area is 170 Å². The quantitative estimate of drug-likeness (QED) is 0.785. The highest BCUT2D eigenvalue weighted by Gasteiger charge is 2.45. The summed E-state index contributed by atoms with van der Waals surface area (Å²) in [7, 11) is 1.61. The fraction of sp³-hybridized carbons (Fsp3) is 0.391. The maximum absolute atomic E-state index is 13.1. The van der Waals surface area contributed by atoms with E-state index in [1.807, 2.05) is 36.4 Å². The Kier molecular flexibility index (Phi) is 5.62. The maximum atomic E-state index is 13.1. The van der Waals surface area contributed by atoms with Crippen molar-refractivity contribution in [2.75, 3.05) is 20.2 Å². The van der Waals surface area contributed by atoms with E-state index >= 15 is 0 Å². The lowest BCUT2D eigenvalue weighted by molar-refractivity contribution is -0.920. The summed E-state index contributed by atoms with van der Waals surface area (Å²) in [6, 6.07) is 13.9. The number of ether oxygens (including phenoxy) is 1. The molecule has 29 heavy (non-hydrogen) atoms. The van der Waals surface area contributed by atoms with Crippen molar-refractivity contribution in [1.29, 1.82) is 0 Å². The van der Waals surface area contributed by atoms with Crippen molar-refractivity contribution >= 4 is 11.8 Å². The molecule has 0 unspecified atom stereocenters. The Morgan fingerprint density at radius 3 is 2.31 bits per heavy atom. The topological polar surface area (TPSA) is 51.0 Å². The molecule has 2 fully saturated rings. The SMILES string of the molecule is COc1ccc(CN2C(=O)C[C@H]([NH+]3CCC(c4ccc(F)cc4)CC3)C2=O)cc1. The molecular weight excluding hydrogens is 371 g/mol. The highest BCUT2D eigenvalue weighted by Crippen LogP contribution is 2.25. The smallest absolute Gasteiger partial charge is 0.288 e. The van der Waals surface area contributed by atoms with Gasteiger partial charge in [0.25, 0.3) is 5.91 Å². The first-order valence-electron chi connectivity index (χ1n) is 10.1. The average molecular weight is 397 g/mol. The van der Waals surface area contributed by atoms with E-state index in [1.165, 1.54) is 21.9 Å². The number of amides is 2. The van der Waals surface area contributed by atoms with Crippen LogP contribution in [0.25, 0.3) is 0 Å². The van der Waals surface area contributed by atoms with Gasteiger partial charge < -0.3 is 9.64 Å². The van der Waals surface area contributed by atoms with E-state index in [0.29, 0.717) is 12.5 Å². The number of piperidine rings is 1. The van der Waals surface area contributed by atoms with Crippen LogP contribution in [0.2, 0.25) is 0 Å². The molecule has 6 heteroatoms. The zero-order chi connectivity index (χ0) is 20.4. The van der Waals surface area contributed by atoms with Crippen LogP contribution in [0, 0.1) is 5.82 Å². The van der Waals surface area contributed by atoms with Gasteiger partial charge >= 0.3 is 0 Å². The molecule has 0 bridgehead atoms. The van der Waals surface area contributed by atoms with Crippen molar-refractivity contribution in [3.05, 3.63) is 65.5 Å². The molecule has 0 saturated carbocycles. The van der Waals surface area contributed by atoms with E-state index in [0.717, 1.165) is 42.8 Å². The highest BCUT2D eigenvalue weighted by molar-refractivity contribution is 6.04. The lowest BCUT2D eigenvalue weighted by Gasteiger charge is -2.32. The third-order valence-corrected chi connectivity index (χ3v) is 6.21. The highest BCUT2D eigenvalue weighted by atomic mass is 19.1. The Morgan fingerprint density at radius 1 is 1.03 bits per heavy atom. The van der Waals surface area contributed by atoms with Crippen molar-refractivity contribution in [2.45, 2.75) is 37.8 Å². The Hall–Kier alpha value is -2.73. The molecule has 5 nitrogen and oxygen atoms in total. The minimum atomic E-state index is -0.282. The van der Waals surface area contributed by atoms with Crippen LogP contribution >= 0.6 is 0 Å². The summed E-state index contributed by atoms with van der Waals surface area (Å²) in [4.78, 5) is 28.1. The first kappa shape index (κ1) is 19.6. The zero-order valence-electron chi connectivity index (χ0n) is 16.6. The van der Waals surface area contributed by atoms with Crippen LogP contribution < -0.4 is 9.64 Å². The number of hydrogen-bond acceptors (Lipinski definition) is 3. The Balaban J connectivity index is 1.36. The summed E-state index contributed by atoms with van der Waals surface area (Å²) in [5.74, 6) is 0.759. The largest absolute Gasteiger partial charge is 0.497 e. The number of likely N-dealkylation sites (tertiary alicyclic amines) is 2. The number of benzene rings is 2. The Morgan fingerprint density at radius 2 is 1.69 bits per heavy atom. The van der Waals surface area contributed by atoms with Gasteiger partial charge in [0.05, 0.1) is 33.2 Å². The zero-order valence-corrected chi connectivity index (χ0v) is 16.6. The fourth-order valence-electron chi connectivity index (χ4n) is 4.49. The standard InChI is InChI=1S/C23H25FN2O3/c1-29-20-8-2-16(3-9-20)15-26-22(27)14-21(23(26)28)25-12-10-18(11-13-25)17-4-6-19(24)7-5-17/h2-9,18,21H,10-15H2,1H3/p+1/t21-/m0/s1. The normalized spacial score (nSPS) is 24.8. The molecule has 0 spiro atoms. The van der Waals surface area contributed by atoms with Gasteiger partial charge in [-0.3, -0.25) is 14.5 Å². The number of halogens is 1. The molecule has 0 aliphatic carbocycles. The van der Waals surface area contributed by atoms with Gasteiger partial charge in [0.1, 0.15) is 11.6 Å². The number of methoxy groups -OCH3 is 1. The fourth-order valence-corrected chi connectivity index (χ4v) is 4.49. The predicted molar refractivity (Wildman–Crippen MR) is 106 cm³/mol. The minimum absolute atomic E-state index is 0.0685. The maximum Gasteiger partial charge on any atom is 0.288 e. The van der Waals surface area contributed by atoms with E-state index in [-0.39, 0.29) is 30.1 Å². The monoisotopic (exact) mass is 397 g/mol. The molecule has 152 valence electrons. The summed E-state index contributed by atoms with van der Waals surface area (Å²) in [6.45, 7) is 2.01. The van der Waals surface area contributed by atoms with Gasteiger partial charge in [-0.1, -0.05) is 24.3 Å². The van der Waals surface area contributed by atoms with Crippen molar-refractivity contribution in [3.8, 4) is 5.75 Å². The van der Waals surface area contributed by atoms with Crippen molar-refractivity contribution in [1.82, 2.24) is 4.90 Å². The van der Waals surface area contributed by atoms with Crippen LogP contribution in [0.3, 0.4) is 0 Å². The van der Waals surface area contributed by atoms with Gasteiger partial charge in [-0.2, -0.15) is 0 Å². The molecule has 2 amide bonds. The summed E-state index contributed by atoms with van der Waals surface area (Å²) in [5, 5.41) is 0. The molecular formula is C23H26FN2O3+. The summed E-state index contributed by atoms with van der Waals surface area (Å²) in [6.07, 6.45) is 2.17. The minimum Gasteiger partial charge on any atom is -0.497 e. The number of hydrogen-bond donors (Lipinski definition) is 1. The first-order valence-corrected chi connectivity index (χ1v) is 10.1. The molecule has 2 aliphatic rings. The number of nitrogens with one attached hydrogen (secondary N) is 1. The third-order valence-electron chi connectivity index (χ3n) is 6.21. The van der Waals surface area contributed by atoms with Gasteiger partial charge in [0, 0.05) is 12.8 Å². The van der Waals surface area contributed by atoms with Crippen LogP contribution in [0.5, 0.6) is 5.75 Å². The molecule has 2 aromatic carbocycles. The van der Waals surface area contributed by atoms with Gasteiger partial charge in [0.15, 0.2) is 6.04 Å². The second-order valence-electron chi connectivity index (χ2n) is 7.91. The number of nitrogens with zero attached hydrogens (tertiary/aromatic N) is 1. The molecule has 0 aromatic heterocycles. The van der Waals surface area contributed by atoms with Crippen LogP contribution in [0.4, 0.5) is 4.39 Å². The van der Waals surface area contributed by atoms with Crippen molar-refractivity contribution < 1.29 is 23.6 Å². The molecule has 1 atom stereocenters. The van der Waals surface area contributed by atoms with E-state index in [4.69, 9.17) is 4.74 Å². The van der Waals surface area contributed by atoms with E-state index in [2.05, 4.69) is 0 Å². The summed E-state index contributed by atoms with van der Waals surface area (Å²) in [5.41, 5.74) is 2.07. The molecule has 4 rings (SSSR count). The summed E-state index contributed by atoms with van der Waals surface area (Å²) >= 11 is 0. The lowest BCUT2D eigenvalue weighted by Crippen LogP contribution is -3.17. The molecule has 0 radical (unpaired) electrons. The van der Waals surface area contributed by atoms with E-state index in [9.17, 15) is 14.0 Å². The van der Waals surface area contributed by atoms with Gasteiger partial charge in [-0.05, 0) is 41.3 Å². The molecule has 2 heterocycles. The number of carbonyl (C=O) groups excluding carboxylic acids is 2.